The number of amides is 1. The smallest absolute Gasteiger partial charge is 0.222 e. The fourth-order valence-corrected chi connectivity index (χ4v) is 3.33. The highest BCUT2D eigenvalue weighted by atomic mass is 16.2. The predicted molar refractivity (Wildman–Crippen MR) is 89.7 cm³/mol. The van der Waals surface area contributed by atoms with E-state index in [0.29, 0.717) is 19.0 Å². The first-order chi connectivity index (χ1) is 10.5. The Morgan fingerprint density at radius 2 is 2.14 bits per heavy atom. The second kappa shape index (κ2) is 7.73. The molecule has 1 aromatic heterocycles. The normalized spacial score (nSPS) is 19.2. The molecule has 0 radical (unpaired) electrons. The van der Waals surface area contributed by atoms with Crippen LogP contribution in [0.1, 0.15) is 49.1 Å². The van der Waals surface area contributed by atoms with E-state index in [1.165, 1.54) is 31.4 Å². The number of carbonyl (C=O) groups excluding carboxylic acids is 1. The molecule has 0 bridgehead atoms. The first-order valence-corrected chi connectivity index (χ1v) is 8.34. The molecule has 4 heteroatoms. The van der Waals surface area contributed by atoms with Gasteiger partial charge in [0.05, 0.1) is 12.2 Å². The van der Waals surface area contributed by atoms with Crippen LogP contribution in [0.3, 0.4) is 0 Å². The summed E-state index contributed by atoms with van der Waals surface area (Å²) in [4.78, 5) is 21.1. The molecule has 22 heavy (non-hydrogen) atoms. The average Bonchev–Trinajstić information content (AvgIpc) is 2.45. The Morgan fingerprint density at radius 3 is 2.82 bits per heavy atom. The number of rotatable bonds is 5. The van der Waals surface area contributed by atoms with Gasteiger partial charge in [-0.25, -0.2) is 0 Å². The van der Waals surface area contributed by atoms with Crippen molar-refractivity contribution < 1.29 is 4.79 Å². The molecule has 1 saturated heterocycles. The maximum absolute atomic E-state index is 12.3. The van der Waals surface area contributed by atoms with Gasteiger partial charge in [0.2, 0.25) is 5.91 Å². The van der Waals surface area contributed by atoms with Gasteiger partial charge in [-0.05, 0) is 64.4 Å². The summed E-state index contributed by atoms with van der Waals surface area (Å²) in [5, 5.41) is 0. The van der Waals surface area contributed by atoms with Gasteiger partial charge in [-0.3, -0.25) is 9.78 Å². The van der Waals surface area contributed by atoms with E-state index in [1.54, 1.807) is 0 Å². The lowest BCUT2D eigenvalue weighted by Crippen LogP contribution is -2.37. The molecule has 0 aromatic carbocycles. The Balaban J connectivity index is 1.83. The lowest BCUT2D eigenvalue weighted by molar-refractivity contribution is -0.130. The van der Waals surface area contributed by atoms with Crippen LogP contribution >= 0.6 is 0 Å². The van der Waals surface area contributed by atoms with Crippen molar-refractivity contribution in [2.75, 3.05) is 20.6 Å². The minimum Gasteiger partial charge on any atom is -0.340 e. The van der Waals surface area contributed by atoms with Crippen molar-refractivity contribution in [3.05, 3.63) is 29.1 Å². The van der Waals surface area contributed by atoms with E-state index in [2.05, 4.69) is 36.0 Å². The van der Waals surface area contributed by atoms with Crippen molar-refractivity contribution in [3.8, 4) is 0 Å². The molecule has 1 aliphatic rings. The Labute approximate surface area is 134 Å². The monoisotopic (exact) mass is 303 g/mol. The topological polar surface area (TPSA) is 36.4 Å². The summed E-state index contributed by atoms with van der Waals surface area (Å²) >= 11 is 0. The molecule has 1 aliphatic heterocycles. The number of aromatic nitrogens is 1. The molecule has 1 atom stereocenters. The number of hydrogen-bond donors (Lipinski definition) is 0. The Kier molecular flexibility index (Phi) is 5.95. The summed E-state index contributed by atoms with van der Waals surface area (Å²) in [6.07, 6.45) is 5.42. The third kappa shape index (κ3) is 4.80. The first-order valence-electron chi connectivity index (χ1n) is 8.34. The van der Waals surface area contributed by atoms with E-state index >= 15 is 0 Å². The fourth-order valence-electron chi connectivity index (χ4n) is 3.33. The van der Waals surface area contributed by atoms with E-state index in [-0.39, 0.29) is 5.91 Å². The number of nitrogens with zero attached hydrogens (tertiary/aromatic N) is 3. The van der Waals surface area contributed by atoms with Gasteiger partial charge in [-0.2, -0.15) is 0 Å². The molecule has 122 valence electrons. The second-order valence-electron chi connectivity index (χ2n) is 6.70. The van der Waals surface area contributed by atoms with Crippen LogP contribution in [-0.4, -0.2) is 47.4 Å². The van der Waals surface area contributed by atoms with Crippen LogP contribution in [0, 0.1) is 13.8 Å². The summed E-state index contributed by atoms with van der Waals surface area (Å²) in [6, 6.07) is 4.70. The molecule has 2 heterocycles. The Bertz CT molecular complexity index is 495. The van der Waals surface area contributed by atoms with E-state index in [4.69, 9.17) is 0 Å². The molecule has 0 spiro atoms. The van der Waals surface area contributed by atoms with Gasteiger partial charge in [0.1, 0.15) is 0 Å². The molecule has 1 aromatic rings. The van der Waals surface area contributed by atoms with E-state index in [1.807, 2.05) is 18.9 Å². The lowest BCUT2D eigenvalue weighted by Gasteiger charge is -2.32. The van der Waals surface area contributed by atoms with Gasteiger partial charge in [0.15, 0.2) is 0 Å². The van der Waals surface area contributed by atoms with Crippen LogP contribution in [-0.2, 0) is 11.3 Å². The summed E-state index contributed by atoms with van der Waals surface area (Å²) < 4.78 is 0. The quantitative estimate of drug-likeness (QED) is 0.839. The average molecular weight is 303 g/mol. The molecule has 1 fully saturated rings. The van der Waals surface area contributed by atoms with Crippen LogP contribution in [0.4, 0.5) is 0 Å². The van der Waals surface area contributed by atoms with Crippen molar-refractivity contribution >= 4 is 5.91 Å². The van der Waals surface area contributed by atoms with E-state index in [0.717, 1.165) is 17.8 Å². The maximum Gasteiger partial charge on any atom is 0.222 e. The van der Waals surface area contributed by atoms with Crippen LogP contribution < -0.4 is 0 Å². The summed E-state index contributed by atoms with van der Waals surface area (Å²) in [5.41, 5.74) is 3.19. The standard InChI is InChI=1S/C18H29N3O/c1-14-11-15(2)19-16(12-14)13-21(4)18(22)9-8-17-7-5-6-10-20(17)3/h11-12,17H,5-10,13H2,1-4H3/t17-/m1/s1. The second-order valence-corrected chi connectivity index (χ2v) is 6.70. The van der Waals surface area contributed by atoms with Gasteiger partial charge in [0.25, 0.3) is 0 Å². The third-order valence-electron chi connectivity index (χ3n) is 4.59. The van der Waals surface area contributed by atoms with Crippen molar-refractivity contribution in [3.63, 3.8) is 0 Å². The number of piperidine rings is 1. The number of aryl methyl sites for hydroxylation is 2. The number of likely N-dealkylation sites (tertiary alicyclic amines) is 1. The van der Waals surface area contributed by atoms with Gasteiger partial charge >= 0.3 is 0 Å². The van der Waals surface area contributed by atoms with E-state index in [9.17, 15) is 4.79 Å². The van der Waals surface area contributed by atoms with Gasteiger partial charge in [0, 0.05) is 25.2 Å². The molecular weight excluding hydrogens is 274 g/mol. The van der Waals surface area contributed by atoms with Gasteiger partial charge in [-0.15, -0.1) is 0 Å². The fraction of sp³-hybridized carbons (Fsp3) is 0.667. The minimum absolute atomic E-state index is 0.222. The Morgan fingerprint density at radius 1 is 1.36 bits per heavy atom. The first kappa shape index (κ1) is 16.9. The molecule has 0 saturated carbocycles. The molecule has 1 amide bonds. The molecule has 0 aliphatic carbocycles. The molecule has 4 nitrogen and oxygen atoms in total. The SMILES string of the molecule is Cc1cc(C)nc(CN(C)C(=O)CC[C@H]2CCCCN2C)c1. The highest BCUT2D eigenvalue weighted by Gasteiger charge is 2.20. The highest BCUT2D eigenvalue weighted by molar-refractivity contribution is 5.75. The van der Waals surface area contributed by atoms with Crippen LogP contribution in [0.5, 0.6) is 0 Å². The number of hydrogen-bond acceptors (Lipinski definition) is 3. The summed E-state index contributed by atoms with van der Waals surface area (Å²) in [5.74, 6) is 0.222. The van der Waals surface area contributed by atoms with Crippen molar-refractivity contribution in [1.82, 2.24) is 14.8 Å². The Hall–Kier alpha value is -1.42. The van der Waals surface area contributed by atoms with Crippen LogP contribution in [0.15, 0.2) is 12.1 Å². The highest BCUT2D eigenvalue weighted by Crippen LogP contribution is 2.19. The van der Waals surface area contributed by atoms with Crippen molar-refractivity contribution in [2.24, 2.45) is 0 Å². The molecule has 0 unspecified atom stereocenters. The largest absolute Gasteiger partial charge is 0.340 e. The molecule has 0 N–H and O–H groups in total. The zero-order valence-electron chi connectivity index (χ0n) is 14.4. The summed E-state index contributed by atoms with van der Waals surface area (Å²) in [6.45, 7) is 5.83. The molecular formula is C18H29N3O. The molecule has 2 rings (SSSR count). The zero-order valence-corrected chi connectivity index (χ0v) is 14.4. The summed E-state index contributed by atoms with van der Waals surface area (Å²) in [7, 11) is 4.06. The lowest BCUT2D eigenvalue weighted by atomic mass is 9.98. The van der Waals surface area contributed by atoms with Crippen molar-refractivity contribution in [1.29, 1.82) is 0 Å². The zero-order chi connectivity index (χ0) is 16.1. The number of pyridine rings is 1. The van der Waals surface area contributed by atoms with Crippen LogP contribution in [0.2, 0.25) is 0 Å². The van der Waals surface area contributed by atoms with Crippen molar-refractivity contribution in [2.45, 2.75) is 58.5 Å². The van der Waals surface area contributed by atoms with Crippen LogP contribution in [0.25, 0.3) is 0 Å². The maximum atomic E-state index is 12.3. The predicted octanol–water partition coefficient (Wildman–Crippen LogP) is 2.92. The van der Waals surface area contributed by atoms with E-state index < -0.39 is 0 Å². The van der Waals surface area contributed by atoms with Gasteiger partial charge < -0.3 is 9.80 Å². The minimum atomic E-state index is 0.222. The third-order valence-corrected chi connectivity index (χ3v) is 4.59. The van der Waals surface area contributed by atoms with Gasteiger partial charge in [-0.1, -0.05) is 6.42 Å². The number of carbonyl (C=O) groups is 1.